The van der Waals surface area contributed by atoms with Crippen molar-refractivity contribution < 1.29 is 9.90 Å². The molecular weight excluding hydrogens is 154 g/mol. The van der Waals surface area contributed by atoms with Crippen molar-refractivity contribution in [2.75, 3.05) is 19.6 Å². The molecule has 1 N–H and O–H groups in total. The number of nitrogens with zero attached hydrogens (tertiary/aromatic N) is 1. The second kappa shape index (κ2) is 6.27. The third kappa shape index (κ3) is 5.34. The van der Waals surface area contributed by atoms with Gasteiger partial charge < -0.3 is 5.11 Å². The number of hydrogen-bond donors (Lipinski definition) is 1. The summed E-state index contributed by atoms with van der Waals surface area (Å²) in [7, 11) is 0. The summed E-state index contributed by atoms with van der Waals surface area (Å²) >= 11 is 0. The van der Waals surface area contributed by atoms with Gasteiger partial charge in [-0.25, -0.2) is 0 Å². The van der Waals surface area contributed by atoms with Crippen LogP contribution in [0.4, 0.5) is 0 Å². The Balaban J connectivity index is 3.81. The zero-order valence-electron chi connectivity index (χ0n) is 6.79. The van der Waals surface area contributed by atoms with E-state index in [0.717, 1.165) is 0 Å². The highest BCUT2D eigenvalue weighted by molar-refractivity contribution is 5.69. The van der Waals surface area contributed by atoms with Crippen LogP contribution in [0.1, 0.15) is 6.42 Å². The largest absolute Gasteiger partial charge is 0.480 e. The van der Waals surface area contributed by atoms with Crippen LogP contribution in [0.15, 0.2) is 0 Å². The second-order valence-electron chi connectivity index (χ2n) is 2.26. The highest BCUT2D eigenvalue weighted by Gasteiger charge is 2.06. The molecule has 0 aromatic carbocycles. The summed E-state index contributed by atoms with van der Waals surface area (Å²) < 4.78 is 0. The van der Waals surface area contributed by atoms with E-state index in [1.54, 1.807) is 4.90 Å². The zero-order chi connectivity index (χ0) is 9.40. The third-order valence-electron chi connectivity index (χ3n) is 1.25. The number of hydrogen-bond acceptors (Lipinski definition) is 2. The first-order valence-electron chi connectivity index (χ1n) is 3.51. The summed E-state index contributed by atoms with van der Waals surface area (Å²) in [5.74, 6) is 3.92. The normalized spacial score (nSPS) is 8.92. The van der Waals surface area contributed by atoms with Gasteiger partial charge in [-0.1, -0.05) is 5.92 Å². The molecular formula is C9H11NO2. The lowest BCUT2D eigenvalue weighted by atomic mass is 10.4. The third-order valence-corrected chi connectivity index (χ3v) is 1.25. The van der Waals surface area contributed by atoms with Crippen LogP contribution in [0, 0.1) is 24.7 Å². The van der Waals surface area contributed by atoms with E-state index in [2.05, 4.69) is 11.8 Å². The van der Waals surface area contributed by atoms with Crippen molar-refractivity contribution in [3.63, 3.8) is 0 Å². The monoisotopic (exact) mass is 165 g/mol. The van der Waals surface area contributed by atoms with Gasteiger partial charge in [-0.15, -0.1) is 18.8 Å². The number of aliphatic carboxylic acids is 1. The molecule has 12 heavy (non-hydrogen) atoms. The molecule has 0 aliphatic carbocycles. The molecule has 0 spiro atoms. The number of carbonyl (C=O) groups is 1. The quantitative estimate of drug-likeness (QED) is 0.584. The molecule has 0 fully saturated rings. The molecule has 0 bridgehead atoms. The Morgan fingerprint density at radius 3 is 2.50 bits per heavy atom. The predicted octanol–water partition coefficient (Wildman–Crippen LogP) is 0.0295. The second-order valence-corrected chi connectivity index (χ2v) is 2.26. The van der Waals surface area contributed by atoms with Gasteiger partial charge in [0, 0.05) is 13.0 Å². The summed E-state index contributed by atoms with van der Waals surface area (Å²) in [6.07, 6.45) is 10.6. The van der Waals surface area contributed by atoms with Crippen LogP contribution in [-0.2, 0) is 4.79 Å². The molecule has 3 nitrogen and oxygen atoms in total. The molecule has 0 saturated heterocycles. The average molecular weight is 165 g/mol. The van der Waals surface area contributed by atoms with Crippen molar-refractivity contribution in [1.82, 2.24) is 4.90 Å². The maximum Gasteiger partial charge on any atom is 0.317 e. The molecule has 0 saturated carbocycles. The smallest absolute Gasteiger partial charge is 0.317 e. The molecule has 64 valence electrons. The van der Waals surface area contributed by atoms with Gasteiger partial charge >= 0.3 is 5.97 Å². The lowest BCUT2D eigenvalue weighted by Crippen LogP contribution is -2.30. The Bertz CT molecular complexity index is 222. The maximum atomic E-state index is 10.3. The minimum atomic E-state index is -0.887. The Hall–Kier alpha value is -1.45. The Morgan fingerprint density at radius 2 is 2.08 bits per heavy atom. The van der Waals surface area contributed by atoms with Gasteiger partial charge in [-0.05, 0) is 0 Å². The van der Waals surface area contributed by atoms with Gasteiger partial charge in [0.2, 0.25) is 0 Å². The molecule has 0 atom stereocenters. The van der Waals surface area contributed by atoms with Gasteiger partial charge in [0.1, 0.15) is 0 Å². The van der Waals surface area contributed by atoms with Gasteiger partial charge in [0.05, 0.1) is 13.1 Å². The van der Waals surface area contributed by atoms with Gasteiger partial charge in [0.25, 0.3) is 0 Å². The first-order chi connectivity index (χ1) is 5.70. The van der Waals surface area contributed by atoms with E-state index in [9.17, 15) is 4.79 Å². The molecule has 0 aromatic rings. The van der Waals surface area contributed by atoms with Crippen LogP contribution in [0.25, 0.3) is 0 Å². The first-order valence-corrected chi connectivity index (χ1v) is 3.51. The van der Waals surface area contributed by atoms with E-state index < -0.39 is 5.97 Å². The zero-order valence-corrected chi connectivity index (χ0v) is 6.79. The van der Waals surface area contributed by atoms with Crippen LogP contribution < -0.4 is 0 Å². The Kier molecular flexibility index (Phi) is 5.51. The van der Waals surface area contributed by atoms with E-state index in [1.807, 2.05) is 0 Å². The van der Waals surface area contributed by atoms with Crippen LogP contribution >= 0.6 is 0 Å². The van der Waals surface area contributed by atoms with Crippen LogP contribution in [0.5, 0.6) is 0 Å². The molecule has 3 heteroatoms. The number of terminal acetylenes is 2. The van der Waals surface area contributed by atoms with E-state index >= 15 is 0 Å². The molecule has 0 rings (SSSR count). The van der Waals surface area contributed by atoms with E-state index in [0.29, 0.717) is 19.5 Å². The fourth-order valence-electron chi connectivity index (χ4n) is 0.757. The molecule has 0 unspecified atom stereocenters. The van der Waals surface area contributed by atoms with Crippen molar-refractivity contribution in [3.05, 3.63) is 0 Å². The number of carboxylic acids is 1. The summed E-state index contributed by atoms with van der Waals surface area (Å²) in [6.45, 7) is 0.812. The SMILES string of the molecule is C#CCCN(CC#C)CC(=O)O. The number of rotatable bonds is 5. The minimum Gasteiger partial charge on any atom is -0.480 e. The highest BCUT2D eigenvalue weighted by atomic mass is 16.4. The number of carboxylic acid groups (broad SMARTS) is 1. The predicted molar refractivity (Wildman–Crippen MR) is 46.4 cm³/mol. The van der Waals surface area contributed by atoms with E-state index in [4.69, 9.17) is 18.0 Å². The summed E-state index contributed by atoms with van der Waals surface area (Å²) in [6, 6.07) is 0. The molecule has 0 heterocycles. The van der Waals surface area contributed by atoms with Crippen molar-refractivity contribution in [2.24, 2.45) is 0 Å². The molecule has 0 aliphatic heterocycles. The lowest BCUT2D eigenvalue weighted by Gasteiger charge is -2.14. The van der Waals surface area contributed by atoms with Gasteiger partial charge in [-0.3, -0.25) is 9.69 Å². The van der Waals surface area contributed by atoms with Crippen molar-refractivity contribution >= 4 is 5.97 Å². The maximum absolute atomic E-state index is 10.3. The van der Waals surface area contributed by atoms with Crippen LogP contribution in [0.2, 0.25) is 0 Å². The van der Waals surface area contributed by atoms with Gasteiger partial charge in [-0.2, -0.15) is 0 Å². The fourth-order valence-corrected chi connectivity index (χ4v) is 0.757. The van der Waals surface area contributed by atoms with Crippen LogP contribution in [0.3, 0.4) is 0 Å². The van der Waals surface area contributed by atoms with Crippen molar-refractivity contribution in [2.45, 2.75) is 6.42 Å². The first kappa shape index (κ1) is 10.6. The van der Waals surface area contributed by atoms with Crippen molar-refractivity contribution in [1.29, 1.82) is 0 Å². The highest BCUT2D eigenvalue weighted by Crippen LogP contribution is 1.89. The molecule has 0 aromatic heterocycles. The molecule has 0 amide bonds. The van der Waals surface area contributed by atoms with Crippen LogP contribution in [-0.4, -0.2) is 35.6 Å². The van der Waals surface area contributed by atoms with E-state index in [1.165, 1.54) is 0 Å². The summed E-state index contributed by atoms with van der Waals surface area (Å²) in [4.78, 5) is 11.9. The Labute approximate surface area is 72.4 Å². The average Bonchev–Trinajstić information content (AvgIpc) is 2.00. The molecule has 0 radical (unpaired) electrons. The topological polar surface area (TPSA) is 40.5 Å². The van der Waals surface area contributed by atoms with E-state index in [-0.39, 0.29) is 6.54 Å². The Morgan fingerprint density at radius 1 is 1.42 bits per heavy atom. The minimum absolute atomic E-state index is 0.0497. The molecule has 0 aliphatic rings. The summed E-state index contributed by atoms with van der Waals surface area (Å²) in [5.41, 5.74) is 0. The lowest BCUT2D eigenvalue weighted by molar-refractivity contribution is -0.138. The summed E-state index contributed by atoms with van der Waals surface area (Å²) in [5, 5.41) is 8.45. The standard InChI is InChI=1S/C9H11NO2/c1-3-5-7-10(6-4-2)8-9(11)12/h1-2H,5-8H2,(H,11,12). The fraction of sp³-hybridized carbons (Fsp3) is 0.444. The van der Waals surface area contributed by atoms with Gasteiger partial charge in [0.15, 0.2) is 0 Å². The van der Waals surface area contributed by atoms with Crippen molar-refractivity contribution in [3.8, 4) is 24.7 Å².